The standard InChI is InChI=1S/C11H20O/c1-10(2)6-4-7-11(3)9(10)5-8-12-11/h9H,4-8H2,1-3H3. The van der Waals surface area contributed by atoms with Gasteiger partial charge in [-0.15, -0.1) is 0 Å². The molecule has 1 aliphatic heterocycles. The first-order valence-corrected chi connectivity index (χ1v) is 5.19. The quantitative estimate of drug-likeness (QED) is 0.540. The van der Waals surface area contributed by atoms with Gasteiger partial charge in [0.05, 0.1) is 5.60 Å². The second kappa shape index (κ2) is 2.47. The topological polar surface area (TPSA) is 9.23 Å². The SMILES string of the molecule is CC1(C)CCCC2(C)OCCC12. The maximum atomic E-state index is 5.88. The molecule has 0 aromatic rings. The highest BCUT2D eigenvalue weighted by atomic mass is 16.5. The second-order valence-electron chi connectivity index (χ2n) is 5.34. The molecule has 0 amide bonds. The van der Waals surface area contributed by atoms with Gasteiger partial charge >= 0.3 is 0 Å². The number of hydrogen-bond donors (Lipinski definition) is 0. The lowest BCUT2D eigenvalue weighted by Gasteiger charge is -2.45. The summed E-state index contributed by atoms with van der Waals surface area (Å²) in [5.41, 5.74) is 0.741. The van der Waals surface area contributed by atoms with Crippen LogP contribution in [-0.4, -0.2) is 12.2 Å². The van der Waals surface area contributed by atoms with Crippen molar-refractivity contribution in [3.05, 3.63) is 0 Å². The first-order valence-electron chi connectivity index (χ1n) is 5.19. The fraction of sp³-hybridized carbons (Fsp3) is 1.00. The third kappa shape index (κ3) is 1.10. The van der Waals surface area contributed by atoms with Crippen LogP contribution in [0.2, 0.25) is 0 Å². The first kappa shape index (κ1) is 8.55. The van der Waals surface area contributed by atoms with E-state index in [9.17, 15) is 0 Å². The van der Waals surface area contributed by atoms with E-state index in [1.165, 1.54) is 25.7 Å². The Labute approximate surface area is 75.5 Å². The third-order valence-electron chi connectivity index (χ3n) is 4.01. The lowest BCUT2D eigenvalue weighted by molar-refractivity contribution is -0.0698. The van der Waals surface area contributed by atoms with Gasteiger partial charge in [0.25, 0.3) is 0 Å². The Hall–Kier alpha value is -0.0400. The highest BCUT2D eigenvalue weighted by Gasteiger charge is 2.50. The third-order valence-corrected chi connectivity index (χ3v) is 4.01. The van der Waals surface area contributed by atoms with E-state index in [4.69, 9.17) is 4.74 Å². The summed E-state index contributed by atoms with van der Waals surface area (Å²) in [4.78, 5) is 0. The van der Waals surface area contributed by atoms with E-state index in [0.29, 0.717) is 5.41 Å². The van der Waals surface area contributed by atoms with Crippen molar-refractivity contribution in [2.75, 3.05) is 6.61 Å². The molecular formula is C11H20O. The van der Waals surface area contributed by atoms with Gasteiger partial charge in [0.2, 0.25) is 0 Å². The highest BCUT2D eigenvalue weighted by Crippen LogP contribution is 2.52. The van der Waals surface area contributed by atoms with Gasteiger partial charge in [-0.05, 0) is 37.5 Å². The molecule has 1 heterocycles. The minimum Gasteiger partial charge on any atom is -0.375 e. The summed E-state index contributed by atoms with van der Waals surface area (Å²) in [5.74, 6) is 0.804. The molecular weight excluding hydrogens is 148 g/mol. The van der Waals surface area contributed by atoms with Crippen LogP contribution in [0.5, 0.6) is 0 Å². The zero-order valence-corrected chi connectivity index (χ0v) is 8.52. The van der Waals surface area contributed by atoms with Crippen LogP contribution < -0.4 is 0 Å². The van der Waals surface area contributed by atoms with Gasteiger partial charge < -0.3 is 4.74 Å². The second-order valence-corrected chi connectivity index (χ2v) is 5.34. The van der Waals surface area contributed by atoms with Crippen molar-refractivity contribution < 1.29 is 4.74 Å². The molecule has 1 aliphatic carbocycles. The van der Waals surface area contributed by atoms with Crippen LogP contribution in [0, 0.1) is 11.3 Å². The number of fused-ring (bicyclic) bond motifs is 1. The maximum Gasteiger partial charge on any atom is 0.0688 e. The van der Waals surface area contributed by atoms with Crippen molar-refractivity contribution in [3.63, 3.8) is 0 Å². The van der Waals surface area contributed by atoms with E-state index < -0.39 is 0 Å². The summed E-state index contributed by atoms with van der Waals surface area (Å²) < 4.78 is 5.88. The zero-order valence-electron chi connectivity index (χ0n) is 8.52. The van der Waals surface area contributed by atoms with Crippen LogP contribution in [0.3, 0.4) is 0 Å². The largest absolute Gasteiger partial charge is 0.375 e. The Morgan fingerprint density at radius 2 is 1.92 bits per heavy atom. The number of ether oxygens (including phenoxy) is 1. The molecule has 2 fully saturated rings. The van der Waals surface area contributed by atoms with Crippen LogP contribution in [0.1, 0.15) is 46.5 Å². The molecule has 1 saturated heterocycles. The molecule has 1 saturated carbocycles. The number of hydrogen-bond acceptors (Lipinski definition) is 1. The minimum atomic E-state index is 0.224. The van der Waals surface area contributed by atoms with Gasteiger partial charge in [-0.3, -0.25) is 0 Å². The van der Waals surface area contributed by atoms with E-state index in [2.05, 4.69) is 20.8 Å². The van der Waals surface area contributed by atoms with Crippen LogP contribution in [0.15, 0.2) is 0 Å². The summed E-state index contributed by atoms with van der Waals surface area (Å²) in [6, 6.07) is 0. The average Bonchev–Trinajstić information content (AvgIpc) is 2.31. The smallest absolute Gasteiger partial charge is 0.0688 e. The fourth-order valence-electron chi connectivity index (χ4n) is 3.35. The predicted molar refractivity (Wildman–Crippen MR) is 50.1 cm³/mol. The molecule has 2 atom stereocenters. The van der Waals surface area contributed by atoms with Crippen LogP contribution >= 0.6 is 0 Å². The average molecular weight is 168 g/mol. The van der Waals surface area contributed by atoms with E-state index in [-0.39, 0.29) is 5.60 Å². The Balaban J connectivity index is 2.24. The van der Waals surface area contributed by atoms with Crippen LogP contribution in [0.4, 0.5) is 0 Å². The summed E-state index contributed by atoms with van der Waals surface area (Å²) in [6.45, 7) is 8.11. The summed E-state index contributed by atoms with van der Waals surface area (Å²) >= 11 is 0. The van der Waals surface area contributed by atoms with Gasteiger partial charge in [0.1, 0.15) is 0 Å². The van der Waals surface area contributed by atoms with Crippen LogP contribution in [-0.2, 0) is 4.74 Å². The van der Waals surface area contributed by atoms with E-state index in [1.54, 1.807) is 0 Å². The van der Waals surface area contributed by atoms with Gasteiger partial charge in [0, 0.05) is 6.61 Å². The first-order chi connectivity index (χ1) is 5.55. The monoisotopic (exact) mass is 168 g/mol. The Bertz CT molecular complexity index is 185. The normalized spacial score (nSPS) is 45.8. The van der Waals surface area contributed by atoms with Crippen molar-refractivity contribution >= 4 is 0 Å². The molecule has 1 nitrogen and oxygen atoms in total. The molecule has 2 rings (SSSR count). The molecule has 1 heteroatoms. The molecule has 12 heavy (non-hydrogen) atoms. The lowest BCUT2D eigenvalue weighted by Crippen LogP contribution is -2.44. The number of rotatable bonds is 0. The lowest BCUT2D eigenvalue weighted by atomic mass is 9.62. The predicted octanol–water partition coefficient (Wildman–Crippen LogP) is 2.99. The van der Waals surface area contributed by atoms with E-state index >= 15 is 0 Å². The fourth-order valence-corrected chi connectivity index (χ4v) is 3.35. The van der Waals surface area contributed by atoms with Crippen molar-refractivity contribution in [3.8, 4) is 0 Å². The van der Waals surface area contributed by atoms with Crippen molar-refractivity contribution in [1.82, 2.24) is 0 Å². The van der Waals surface area contributed by atoms with E-state index in [1.807, 2.05) is 0 Å². The van der Waals surface area contributed by atoms with Crippen molar-refractivity contribution in [1.29, 1.82) is 0 Å². The molecule has 2 aliphatic rings. The minimum absolute atomic E-state index is 0.224. The summed E-state index contributed by atoms with van der Waals surface area (Å²) in [6.07, 6.45) is 5.29. The molecule has 0 spiro atoms. The molecule has 0 bridgehead atoms. The zero-order chi connectivity index (χ0) is 8.82. The van der Waals surface area contributed by atoms with Gasteiger partial charge in [-0.25, -0.2) is 0 Å². The summed E-state index contributed by atoms with van der Waals surface area (Å²) in [7, 11) is 0. The molecule has 2 unspecified atom stereocenters. The Morgan fingerprint density at radius 1 is 1.17 bits per heavy atom. The summed E-state index contributed by atoms with van der Waals surface area (Å²) in [5, 5.41) is 0. The molecule has 0 aromatic carbocycles. The molecule has 0 aromatic heterocycles. The highest BCUT2D eigenvalue weighted by molar-refractivity contribution is 4.99. The van der Waals surface area contributed by atoms with E-state index in [0.717, 1.165) is 12.5 Å². The van der Waals surface area contributed by atoms with Gasteiger partial charge in [-0.1, -0.05) is 20.3 Å². The van der Waals surface area contributed by atoms with Crippen molar-refractivity contribution in [2.45, 2.75) is 52.1 Å². The molecule has 0 N–H and O–H groups in total. The van der Waals surface area contributed by atoms with Crippen molar-refractivity contribution in [2.24, 2.45) is 11.3 Å². The Morgan fingerprint density at radius 3 is 2.58 bits per heavy atom. The van der Waals surface area contributed by atoms with Gasteiger partial charge in [0.15, 0.2) is 0 Å². The van der Waals surface area contributed by atoms with Crippen LogP contribution in [0.25, 0.3) is 0 Å². The molecule has 0 radical (unpaired) electrons. The van der Waals surface area contributed by atoms with Gasteiger partial charge in [-0.2, -0.15) is 0 Å². The Kier molecular flexibility index (Phi) is 1.76. The maximum absolute atomic E-state index is 5.88. The molecule has 70 valence electrons.